The third-order valence-electron chi connectivity index (χ3n) is 4.15. The van der Waals surface area contributed by atoms with E-state index in [0.717, 1.165) is 11.8 Å². The highest BCUT2D eigenvalue weighted by Gasteiger charge is 2.45. The van der Waals surface area contributed by atoms with Gasteiger partial charge >= 0.3 is 8.25 Å². The number of hydrogen-bond acceptors (Lipinski definition) is 12. The number of ether oxygens (including phenoxy) is 1. The van der Waals surface area contributed by atoms with Gasteiger partial charge in [-0.25, -0.2) is 15.0 Å². The molecule has 1 saturated heterocycles. The Balaban J connectivity index is 1.84. The van der Waals surface area contributed by atoms with E-state index in [1.165, 1.54) is 10.9 Å². The van der Waals surface area contributed by atoms with Crippen LogP contribution < -0.4 is 5.73 Å². The lowest BCUT2D eigenvalue weighted by Crippen LogP contribution is -2.33. The summed E-state index contributed by atoms with van der Waals surface area (Å²) >= 11 is 3.82. The largest absolute Gasteiger partial charge is 0.694 e. The van der Waals surface area contributed by atoms with Gasteiger partial charge < -0.3 is 20.7 Å². The van der Waals surface area contributed by atoms with E-state index in [1.807, 2.05) is 0 Å². The van der Waals surface area contributed by atoms with Crippen LogP contribution in [0, 0.1) is 0 Å². The van der Waals surface area contributed by atoms with Crippen LogP contribution in [0.15, 0.2) is 11.5 Å². The van der Waals surface area contributed by atoms with Crippen LogP contribution in [0.3, 0.4) is 0 Å². The third kappa shape index (κ3) is 4.84. The molecule has 2 aromatic heterocycles. The van der Waals surface area contributed by atoms with Crippen molar-refractivity contribution in [1.82, 2.24) is 19.5 Å². The number of alkyl halides is 1. The summed E-state index contributed by atoms with van der Waals surface area (Å²) in [5.74, 6) is -1.39. The lowest BCUT2D eigenvalue weighted by Gasteiger charge is -2.16. The van der Waals surface area contributed by atoms with E-state index in [9.17, 15) is 24.4 Å². The van der Waals surface area contributed by atoms with Crippen molar-refractivity contribution < 1.29 is 38.5 Å². The molecule has 0 aliphatic carbocycles. The molecule has 5 N–H and O–H groups in total. The van der Waals surface area contributed by atoms with Gasteiger partial charge in [-0.05, 0) is 0 Å². The van der Waals surface area contributed by atoms with Crippen molar-refractivity contribution in [3.63, 3.8) is 0 Å². The second kappa shape index (κ2) is 9.70. The topological polar surface area (TPSA) is 200 Å². The summed E-state index contributed by atoms with van der Waals surface area (Å²) in [6, 6.07) is 0. The van der Waals surface area contributed by atoms with Crippen LogP contribution >= 0.6 is 35.9 Å². The van der Waals surface area contributed by atoms with E-state index in [1.54, 1.807) is 0 Å². The molecule has 3 heterocycles. The number of fused-ring (bicyclic) bond motifs is 1. The molecule has 2 aromatic rings. The Morgan fingerprint density at radius 1 is 1.33 bits per heavy atom. The molecule has 13 nitrogen and oxygen atoms in total. The first-order chi connectivity index (χ1) is 14.2. The maximum Gasteiger partial charge on any atom is 0.694 e. The zero-order chi connectivity index (χ0) is 22.0. The number of hydrogen-bond donors (Lipinski definition) is 4. The number of aliphatic hydroxyl groups excluding tert-OH is 2. The molecule has 1 aliphatic rings. The molecule has 0 bridgehead atoms. The molecule has 5 atom stereocenters. The normalized spacial score (nSPS) is 24.3. The van der Waals surface area contributed by atoms with Crippen molar-refractivity contribution >= 4 is 64.5 Å². The highest BCUT2D eigenvalue weighted by molar-refractivity contribution is 9.09. The quantitative estimate of drug-likeness (QED) is 0.106. The van der Waals surface area contributed by atoms with Gasteiger partial charge in [-0.15, -0.1) is 9.42 Å². The number of carbonyl (C=O) groups excluding carboxylic acids is 2. The van der Waals surface area contributed by atoms with Gasteiger partial charge in [0, 0.05) is 4.57 Å². The molecule has 16 heteroatoms. The maximum absolute atomic E-state index is 11.7. The standard InChI is InChI=1S/C14H15BrN5O8PS/c15-1-5(21)6(22)3-30-14-18-11(16)8-12(19-14)20(4-17-8)13-10(24)9(23)7(28-13)2-27-29(25)26/h4,7,9-10,13,23-24H,1-3H2,(H2-,16,18,19,25,26)/p+1/t7-,9-,10-,13-/m1/s1. The minimum absolute atomic E-state index is 0.00529. The van der Waals surface area contributed by atoms with Gasteiger partial charge in [0.2, 0.25) is 11.6 Å². The monoisotopic (exact) mass is 524 g/mol. The van der Waals surface area contributed by atoms with Crippen molar-refractivity contribution in [3.8, 4) is 0 Å². The van der Waals surface area contributed by atoms with Crippen molar-refractivity contribution in [2.75, 3.05) is 23.4 Å². The molecule has 0 aromatic carbocycles. The van der Waals surface area contributed by atoms with Gasteiger partial charge in [-0.3, -0.25) is 14.2 Å². The lowest BCUT2D eigenvalue weighted by molar-refractivity contribution is -0.133. The number of carbonyl (C=O) groups is 2. The molecule has 3 rings (SSSR count). The SMILES string of the molecule is Nc1nc(SCC(=O)C(=O)CBr)nc2c1ncn2[C@@H]1O[C@H](CO[P+](=O)O)[C@@H](O)[C@H]1O. The number of nitrogens with two attached hydrogens (primary N) is 1. The van der Waals surface area contributed by atoms with Gasteiger partial charge in [-0.1, -0.05) is 27.7 Å². The van der Waals surface area contributed by atoms with Crippen LogP contribution in [0.4, 0.5) is 5.82 Å². The number of ketones is 2. The molecule has 0 amide bonds. The number of imidazole rings is 1. The number of aromatic nitrogens is 4. The van der Waals surface area contributed by atoms with Crippen LogP contribution in [0.25, 0.3) is 11.2 Å². The van der Waals surface area contributed by atoms with Crippen LogP contribution in [-0.4, -0.2) is 82.2 Å². The number of nitrogens with zero attached hydrogens (tertiary/aromatic N) is 4. The minimum atomic E-state index is -2.90. The number of Topliss-reactive ketones (excluding diaryl/α,β-unsaturated/α-hetero) is 2. The minimum Gasteiger partial charge on any atom is -0.387 e. The van der Waals surface area contributed by atoms with E-state index >= 15 is 0 Å². The molecular formula is C14H16BrN5O8PS+. The predicted octanol–water partition coefficient (Wildman–Crippen LogP) is -0.681. The highest BCUT2D eigenvalue weighted by Crippen LogP contribution is 2.34. The Morgan fingerprint density at radius 2 is 2.07 bits per heavy atom. The third-order valence-corrected chi connectivity index (χ3v) is 5.88. The average molecular weight is 525 g/mol. The Morgan fingerprint density at radius 3 is 2.73 bits per heavy atom. The smallest absolute Gasteiger partial charge is 0.387 e. The number of thioether (sulfide) groups is 1. The van der Waals surface area contributed by atoms with Crippen molar-refractivity contribution in [2.45, 2.75) is 29.7 Å². The summed E-state index contributed by atoms with van der Waals surface area (Å²) in [4.78, 5) is 44.2. The zero-order valence-electron chi connectivity index (χ0n) is 15.0. The summed E-state index contributed by atoms with van der Waals surface area (Å²) < 4.78 is 22.1. The van der Waals surface area contributed by atoms with Gasteiger partial charge in [0.25, 0.3) is 0 Å². The van der Waals surface area contributed by atoms with Crippen LogP contribution in [0.1, 0.15) is 6.23 Å². The molecule has 0 radical (unpaired) electrons. The fraction of sp³-hybridized carbons (Fsp3) is 0.500. The molecule has 30 heavy (non-hydrogen) atoms. The summed E-state index contributed by atoms with van der Waals surface area (Å²) in [5.41, 5.74) is 6.26. The Kier molecular flexibility index (Phi) is 7.47. The Hall–Kier alpha value is -1.58. The first kappa shape index (κ1) is 23.1. The van der Waals surface area contributed by atoms with Crippen molar-refractivity contribution in [2.24, 2.45) is 0 Å². The van der Waals surface area contributed by atoms with Crippen molar-refractivity contribution in [3.05, 3.63) is 6.33 Å². The van der Waals surface area contributed by atoms with Crippen LogP contribution in [0.2, 0.25) is 0 Å². The lowest BCUT2D eigenvalue weighted by atomic mass is 10.1. The average Bonchev–Trinajstić information content (AvgIpc) is 3.25. The summed E-state index contributed by atoms with van der Waals surface area (Å²) in [7, 11) is -2.90. The van der Waals surface area contributed by atoms with Gasteiger partial charge in [-0.2, -0.15) is 0 Å². The number of nitrogen functional groups attached to an aromatic ring is 1. The van der Waals surface area contributed by atoms with Crippen molar-refractivity contribution in [1.29, 1.82) is 0 Å². The molecule has 1 fully saturated rings. The second-order valence-corrected chi connectivity index (χ2v) is 8.30. The predicted molar refractivity (Wildman–Crippen MR) is 106 cm³/mol. The highest BCUT2D eigenvalue weighted by atomic mass is 79.9. The number of anilines is 1. The Labute approximate surface area is 182 Å². The van der Waals surface area contributed by atoms with Gasteiger partial charge in [0.1, 0.15) is 30.4 Å². The molecule has 0 spiro atoms. The van der Waals surface area contributed by atoms with E-state index < -0.39 is 51.0 Å². The molecular weight excluding hydrogens is 509 g/mol. The summed E-state index contributed by atoms with van der Waals surface area (Å²) in [6.45, 7) is -0.422. The fourth-order valence-electron chi connectivity index (χ4n) is 2.69. The number of halogens is 1. The van der Waals surface area contributed by atoms with E-state index in [0.29, 0.717) is 0 Å². The molecule has 0 saturated carbocycles. The first-order valence-electron chi connectivity index (χ1n) is 8.28. The van der Waals surface area contributed by atoms with Crippen LogP contribution in [0.5, 0.6) is 0 Å². The second-order valence-electron chi connectivity index (χ2n) is 6.06. The number of rotatable bonds is 9. The maximum atomic E-state index is 11.7. The first-order valence-corrected chi connectivity index (χ1v) is 11.5. The Bertz CT molecular complexity index is 993. The van der Waals surface area contributed by atoms with Gasteiger partial charge in [0.05, 0.1) is 17.4 Å². The van der Waals surface area contributed by atoms with E-state index in [2.05, 4.69) is 35.4 Å². The number of aliphatic hydroxyl groups is 2. The molecule has 162 valence electrons. The van der Waals surface area contributed by atoms with E-state index in [4.69, 9.17) is 15.4 Å². The van der Waals surface area contributed by atoms with Gasteiger partial charge in [0.15, 0.2) is 22.8 Å². The molecule has 1 aliphatic heterocycles. The van der Waals surface area contributed by atoms with Crippen LogP contribution in [-0.2, 0) is 23.4 Å². The summed E-state index contributed by atoms with van der Waals surface area (Å²) in [5, 5.41) is 20.5. The zero-order valence-corrected chi connectivity index (χ0v) is 18.3. The molecule has 1 unspecified atom stereocenters. The fourth-order valence-corrected chi connectivity index (χ4v) is 4.01. The van der Waals surface area contributed by atoms with E-state index in [-0.39, 0.29) is 33.2 Å². The summed E-state index contributed by atoms with van der Waals surface area (Å²) in [6.07, 6.45) is -3.75.